The SMILES string of the molecule is COC(=O)C1CCN(CCC(O)c2cc(C)ccc2OC)CC1. The Kier molecular flexibility index (Phi) is 6.42. The second-order valence-corrected chi connectivity index (χ2v) is 6.19. The molecular weight excluding hydrogens is 294 g/mol. The van der Waals surface area contributed by atoms with E-state index in [1.807, 2.05) is 25.1 Å². The van der Waals surface area contributed by atoms with E-state index in [0.717, 1.165) is 49.4 Å². The fourth-order valence-electron chi connectivity index (χ4n) is 3.13. The highest BCUT2D eigenvalue weighted by molar-refractivity contribution is 5.72. The Bertz CT molecular complexity index is 524. The van der Waals surface area contributed by atoms with Crippen molar-refractivity contribution >= 4 is 5.97 Å². The third-order valence-electron chi connectivity index (χ3n) is 4.59. The predicted molar refractivity (Wildman–Crippen MR) is 88.5 cm³/mol. The van der Waals surface area contributed by atoms with Gasteiger partial charge in [0.15, 0.2) is 0 Å². The first-order chi connectivity index (χ1) is 11.0. The van der Waals surface area contributed by atoms with E-state index in [4.69, 9.17) is 9.47 Å². The number of aliphatic hydroxyl groups excluding tert-OH is 1. The van der Waals surface area contributed by atoms with Gasteiger partial charge in [0.25, 0.3) is 0 Å². The quantitative estimate of drug-likeness (QED) is 0.815. The summed E-state index contributed by atoms with van der Waals surface area (Å²) in [6.45, 7) is 4.56. The van der Waals surface area contributed by atoms with Gasteiger partial charge in [-0.2, -0.15) is 0 Å². The molecule has 1 aromatic carbocycles. The summed E-state index contributed by atoms with van der Waals surface area (Å²) in [6.07, 6.45) is 1.78. The van der Waals surface area contributed by atoms with Crippen LogP contribution in [0.25, 0.3) is 0 Å². The number of likely N-dealkylation sites (tertiary alicyclic amines) is 1. The van der Waals surface area contributed by atoms with Crippen LogP contribution in [0, 0.1) is 12.8 Å². The van der Waals surface area contributed by atoms with Crippen LogP contribution in [0.15, 0.2) is 18.2 Å². The molecule has 1 fully saturated rings. The summed E-state index contributed by atoms with van der Waals surface area (Å²) in [7, 11) is 3.07. The summed E-state index contributed by atoms with van der Waals surface area (Å²) >= 11 is 0. The van der Waals surface area contributed by atoms with Gasteiger partial charge in [-0.1, -0.05) is 11.6 Å². The Morgan fingerprint density at radius 2 is 2.04 bits per heavy atom. The number of hydrogen-bond acceptors (Lipinski definition) is 5. The molecule has 0 bridgehead atoms. The van der Waals surface area contributed by atoms with Gasteiger partial charge >= 0.3 is 5.97 Å². The maximum absolute atomic E-state index is 11.5. The van der Waals surface area contributed by atoms with Gasteiger partial charge in [-0.3, -0.25) is 4.79 Å². The molecule has 1 aromatic rings. The minimum Gasteiger partial charge on any atom is -0.496 e. The molecule has 128 valence electrons. The lowest BCUT2D eigenvalue weighted by atomic mass is 9.96. The molecule has 0 saturated carbocycles. The predicted octanol–water partition coefficient (Wildman–Crippen LogP) is 2.31. The number of carbonyl (C=O) groups is 1. The molecule has 1 aliphatic heterocycles. The minimum absolute atomic E-state index is 0.0260. The van der Waals surface area contributed by atoms with Crippen molar-refractivity contribution in [3.05, 3.63) is 29.3 Å². The van der Waals surface area contributed by atoms with E-state index in [0.29, 0.717) is 6.42 Å². The van der Waals surface area contributed by atoms with E-state index >= 15 is 0 Å². The number of piperidine rings is 1. The van der Waals surface area contributed by atoms with Crippen LogP contribution in [0.3, 0.4) is 0 Å². The van der Waals surface area contributed by atoms with Gasteiger partial charge in [0, 0.05) is 12.1 Å². The molecule has 1 N–H and O–H groups in total. The maximum atomic E-state index is 11.5. The standard InChI is InChI=1S/C18H27NO4/c1-13-4-5-17(22-2)15(12-13)16(20)8-11-19-9-6-14(7-10-19)18(21)23-3/h4-5,12,14,16,20H,6-11H2,1-3H3. The lowest BCUT2D eigenvalue weighted by Crippen LogP contribution is -2.37. The number of ether oxygens (including phenoxy) is 2. The summed E-state index contributed by atoms with van der Waals surface area (Å²) in [5.74, 6) is 0.653. The van der Waals surface area contributed by atoms with Gasteiger partial charge in [-0.05, 0) is 51.4 Å². The molecule has 0 radical (unpaired) electrons. The molecule has 23 heavy (non-hydrogen) atoms. The Hall–Kier alpha value is -1.59. The zero-order chi connectivity index (χ0) is 16.8. The fraction of sp³-hybridized carbons (Fsp3) is 0.611. The Morgan fingerprint density at radius 1 is 1.35 bits per heavy atom. The molecular formula is C18H27NO4. The highest BCUT2D eigenvalue weighted by Crippen LogP contribution is 2.29. The van der Waals surface area contributed by atoms with Crippen molar-refractivity contribution in [2.24, 2.45) is 5.92 Å². The summed E-state index contributed by atoms with van der Waals surface area (Å²) in [6, 6.07) is 5.86. The Morgan fingerprint density at radius 3 is 2.65 bits per heavy atom. The van der Waals surface area contributed by atoms with Crippen molar-refractivity contribution in [1.29, 1.82) is 0 Å². The van der Waals surface area contributed by atoms with Gasteiger partial charge < -0.3 is 19.5 Å². The van der Waals surface area contributed by atoms with Crippen LogP contribution >= 0.6 is 0 Å². The van der Waals surface area contributed by atoms with Gasteiger partial charge in [0.1, 0.15) is 5.75 Å². The molecule has 0 aromatic heterocycles. The molecule has 1 atom stereocenters. The highest BCUT2D eigenvalue weighted by Gasteiger charge is 2.26. The molecule has 1 saturated heterocycles. The van der Waals surface area contributed by atoms with Crippen molar-refractivity contribution in [2.75, 3.05) is 33.9 Å². The Balaban J connectivity index is 1.85. The number of aliphatic hydroxyl groups is 1. The van der Waals surface area contributed by atoms with Crippen molar-refractivity contribution in [3.63, 3.8) is 0 Å². The third-order valence-corrected chi connectivity index (χ3v) is 4.59. The first kappa shape index (κ1) is 17.8. The molecule has 5 nitrogen and oxygen atoms in total. The van der Waals surface area contributed by atoms with E-state index in [1.54, 1.807) is 7.11 Å². The zero-order valence-electron chi connectivity index (χ0n) is 14.2. The molecule has 2 rings (SSSR count). The van der Waals surface area contributed by atoms with Gasteiger partial charge in [-0.15, -0.1) is 0 Å². The second-order valence-electron chi connectivity index (χ2n) is 6.19. The smallest absolute Gasteiger partial charge is 0.308 e. The maximum Gasteiger partial charge on any atom is 0.308 e. The molecule has 0 amide bonds. The minimum atomic E-state index is -0.539. The lowest BCUT2D eigenvalue weighted by Gasteiger charge is -2.31. The number of benzene rings is 1. The number of esters is 1. The number of nitrogens with zero attached hydrogens (tertiary/aromatic N) is 1. The topological polar surface area (TPSA) is 59.0 Å². The first-order valence-electron chi connectivity index (χ1n) is 8.18. The normalized spacial score (nSPS) is 17.7. The van der Waals surface area contributed by atoms with Crippen LogP contribution < -0.4 is 4.74 Å². The fourth-order valence-corrected chi connectivity index (χ4v) is 3.13. The van der Waals surface area contributed by atoms with Gasteiger partial charge in [0.05, 0.1) is 26.2 Å². The summed E-state index contributed by atoms with van der Waals surface area (Å²) in [5, 5.41) is 10.5. The molecule has 1 heterocycles. The summed E-state index contributed by atoms with van der Waals surface area (Å²) in [5.41, 5.74) is 1.95. The molecule has 1 aliphatic rings. The van der Waals surface area contributed by atoms with E-state index < -0.39 is 6.10 Å². The van der Waals surface area contributed by atoms with Crippen molar-refractivity contribution in [3.8, 4) is 5.75 Å². The summed E-state index contributed by atoms with van der Waals surface area (Å²) < 4.78 is 10.1. The van der Waals surface area contributed by atoms with Crippen LogP contribution in [-0.2, 0) is 9.53 Å². The van der Waals surface area contributed by atoms with Gasteiger partial charge in [0.2, 0.25) is 0 Å². The average Bonchev–Trinajstić information content (AvgIpc) is 2.59. The molecule has 1 unspecified atom stereocenters. The van der Waals surface area contributed by atoms with Crippen LogP contribution in [-0.4, -0.2) is 49.8 Å². The van der Waals surface area contributed by atoms with Crippen LogP contribution in [0.2, 0.25) is 0 Å². The van der Waals surface area contributed by atoms with Crippen molar-refractivity contribution < 1.29 is 19.4 Å². The number of aryl methyl sites for hydroxylation is 1. The molecule has 5 heteroatoms. The monoisotopic (exact) mass is 321 g/mol. The van der Waals surface area contributed by atoms with Crippen LogP contribution in [0.4, 0.5) is 0 Å². The number of methoxy groups -OCH3 is 2. The van der Waals surface area contributed by atoms with E-state index in [1.165, 1.54) is 7.11 Å². The largest absolute Gasteiger partial charge is 0.496 e. The number of rotatable bonds is 6. The highest BCUT2D eigenvalue weighted by atomic mass is 16.5. The van der Waals surface area contributed by atoms with E-state index in [-0.39, 0.29) is 11.9 Å². The lowest BCUT2D eigenvalue weighted by molar-refractivity contribution is -0.147. The number of hydrogen-bond donors (Lipinski definition) is 1. The third kappa shape index (κ3) is 4.69. The van der Waals surface area contributed by atoms with Crippen LogP contribution in [0.5, 0.6) is 5.75 Å². The number of carbonyl (C=O) groups excluding carboxylic acids is 1. The van der Waals surface area contributed by atoms with Crippen molar-refractivity contribution in [1.82, 2.24) is 4.90 Å². The van der Waals surface area contributed by atoms with E-state index in [9.17, 15) is 9.90 Å². The zero-order valence-corrected chi connectivity index (χ0v) is 14.2. The van der Waals surface area contributed by atoms with Crippen LogP contribution in [0.1, 0.15) is 36.5 Å². The second kappa shape index (κ2) is 8.31. The van der Waals surface area contributed by atoms with Crippen molar-refractivity contribution in [2.45, 2.75) is 32.3 Å². The van der Waals surface area contributed by atoms with Gasteiger partial charge in [-0.25, -0.2) is 0 Å². The summed E-state index contributed by atoms with van der Waals surface area (Å²) in [4.78, 5) is 13.8. The van der Waals surface area contributed by atoms with E-state index in [2.05, 4.69) is 4.90 Å². The first-order valence-corrected chi connectivity index (χ1v) is 8.18. The molecule has 0 aliphatic carbocycles. The Labute approximate surface area is 138 Å². The molecule has 0 spiro atoms. The average molecular weight is 321 g/mol.